The van der Waals surface area contributed by atoms with Crippen LogP contribution in [-0.2, 0) is 0 Å². The van der Waals surface area contributed by atoms with E-state index in [1.165, 1.54) is 0 Å². The minimum atomic E-state index is 0.633. The zero-order chi connectivity index (χ0) is 10.9. The third kappa shape index (κ3) is 4.71. The van der Waals surface area contributed by atoms with Crippen LogP contribution in [0, 0.1) is 11.3 Å². The van der Waals surface area contributed by atoms with Crippen molar-refractivity contribution < 1.29 is 4.74 Å². The first-order valence-corrected chi connectivity index (χ1v) is 5.59. The Morgan fingerprint density at radius 2 is 2.13 bits per heavy atom. The lowest BCUT2D eigenvalue weighted by Gasteiger charge is -2.05. The molecule has 0 radical (unpaired) electrons. The quantitative estimate of drug-likeness (QED) is 0.547. The second-order valence-corrected chi connectivity index (χ2v) is 3.62. The first kappa shape index (κ1) is 11.9. The number of benzene rings is 1. The normalized spacial score (nSPS) is 9.60. The summed E-state index contributed by atoms with van der Waals surface area (Å²) in [5.74, 6) is 1.48. The maximum absolute atomic E-state index is 8.68. The Morgan fingerprint density at radius 3 is 2.87 bits per heavy atom. The molecule has 1 aromatic rings. The topological polar surface area (TPSA) is 33.0 Å². The van der Waals surface area contributed by atoms with Gasteiger partial charge in [-0.3, -0.25) is 0 Å². The summed E-state index contributed by atoms with van der Waals surface area (Å²) in [6.45, 7) is 0.686. The molecule has 0 saturated heterocycles. The number of unbranched alkanes of at least 4 members (excludes halogenated alkanes) is 2. The Labute approximate surface area is 95.4 Å². The van der Waals surface area contributed by atoms with Crippen LogP contribution in [0.15, 0.2) is 24.3 Å². The van der Waals surface area contributed by atoms with Crippen molar-refractivity contribution in [1.29, 1.82) is 5.26 Å². The fourth-order valence-corrected chi connectivity index (χ4v) is 1.41. The maximum atomic E-state index is 8.68. The first-order valence-electron chi connectivity index (χ1n) is 5.06. The number of nitrogens with zero attached hydrogens (tertiary/aromatic N) is 1. The van der Waals surface area contributed by atoms with Crippen LogP contribution in [0.5, 0.6) is 5.75 Å². The summed E-state index contributed by atoms with van der Waals surface area (Å²) in [4.78, 5) is 0. The number of hydrogen-bond donors (Lipinski definition) is 0. The average molecular weight is 224 g/mol. The number of hydrogen-bond acceptors (Lipinski definition) is 2. The van der Waals surface area contributed by atoms with Gasteiger partial charge in [0.05, 0.1) is 18.2 Å². The van der Waals surface area contributed by atoms with E-state index in [9.17, 15) is 0 Å². The van der Waals surface area contributed by atoms with Gasteiger partial charge in [-0.25, -0.2) is 0 Å². The van der Waals surface area contributed by atoms with Crippen molar-refractivity contribution in [2.24, 2.45) is 0 Å². The van der Waals surface area contributed by atoms with Crippen LogP contribution < -0.4 is 4.74 Å². The predicted octanol–water partition coefficient (Wildman–Crippen LogP) is 3.35. The summed E-state index contributed by atoms with van der Waals surface area (Å²) in [7, 11) is 0. The van der Waals surface area contributed by atoms with E-state index in [-0.39, 0.29) is 0 Å². The molecule has 0 unspecified atom stereocenters. The zero-order valence-corrected chi connectivity index (χ0v) is 9.33. The fraction of sp³-hybridized carbons (Fsp3) is 0.417. The third-order valence-corrected chi connectivity index (χ3v) is 2.28. The highest BCUT2D eigenvalue weighted by Gasteiger charge is 1.95. The lowest BCUT2D eigenvalue weighted by molar-refractivity contribution is 0.306. The molecule has 0 spiro atoms. The molecular formula is C12H14ClNO. The SMILES string of the molecule is N#Cc1cccc(OCCCCCCl)c1. The van der Waals surface area contributed by atoms with Crippen LogP contribution in [0.3, 0.4) is 0 Å². The molecule has 0 aromatic heterocycles. The van der Waals surface area contributed by atoms with E-state index in [1.54, 1.807) is 12.1 Å². The van der Waals surface area contributed by atoms with E-state index in [1.807, 2.05) is 12.1 Å². The van der Waals surface area contributed by atoms with Gasteiger partial charge in [0.2, 0.25) is 0 Å². The maximum Gasteiger partial charge on any atom is 0.120 e. The van der Waals surface area contributed by atoms with Crippen molar-refractivity contribution in [3.63, 3.8) is 0 Å². The minimum Gasteiger partial charge on any atom is -0.494 e. The van der Waals surface area contributed by atoms with Gasteiger partial charge in [-0.05, 0) is 37.5 Å². The second kappa shape index (κ2) is 7.14. The molecule has 0 heterocycles. The van der Waals surface area contributed by atoms with E-state index in [4.69, 9.17) is 21.6 Å². The summed E-state index contributed by atoms with van der Waals surface area (Å²) >= 11 is 5.56. The van der Waals surface area contributed by atoms with Gasteiger partial charge in [-0.2, -0.15) is 5.26 Å². The molecule has 0 aliphatic rings. The Bertz CT molecular complexity index is 333. The highest BCUT2D eigenvalue weighted by molar-refractivity contribution is 6.17. The van der Waals surface area contributed by atoms with Crippen molar-refractivity contribution in [3.8, 4) is 11.8 Å². The largest absolute Gasteiger partial charge is 0.494 e. The Morgan fingerprint density at radius 1 is 1.27 bits per heavy atom. The van der Waals surface area contributed by atoms with Crippen LogP contribution >= 0.6 is 11.6 Å². The molecule has 0 saturated carbocycles. The van der Waals surface area contributed by atoms with E-state index >= 15 is 0 Å². The molecule has 3 heteroatoms. The lowest BCUT2D eigenvalue weighted by atomic mass is 10.2. The number of halogens is 1. The minimum absolute atomic E-state index is 0.633. The Balaban J connectivity index is 2.28. The molecular weight excluding hydrogens is 210 g/mol. The Kier molecular flexibility index (Phi) is 5.65. The molecule has 0 fully saturated rings. The molecule has 2 nitrogen and oxygen atoms in total. The molecule has 0 N–H and O–H groups in total. The molecule has 15 heavy (non-hydrogen) atoms. The first-order chi connectivity index (χ1) is 7.36. The van der Waals surface area contributed by atoms with Crippen LogP contribution in [0.1, 0.15) is 24.8 Å². The summed E-state index contributed by atoms with van der Waals surface area (Å²) in [6, 6.07) is 9.29. The number of rotatable bonds is 6. The summed E-state index contributed by atoms with van der Waals surface area (Å²) < 4.78 is 5.50. The smallest absolute Gasteiger partial charge is 0.120 e. The highest BCUT2D eigenvalue weighted by atomic mass is 35.5. The molecule has 1 aromatic carbocycles. The molecule has 80 valence electrons. The van der Waals surface area contributed by atoms with Crippen molar-refractivity contribution in [2.45, 2.75) is 19.3 Å². The predicted molar refractivity (Wildman–Crippen MR) is 61.2 cm³/mol. The molecule has 1 rings (SSSR count). The molecule has 0 bridgehead atoms. The second-order valence-electron chi connectivity index (χ2n) is 3.24. The fourth-order valence-electron chi connectivity index (χ4n) is 1.22. The number of alkyl halides is 1. The molecule has 0 aliphatic carbocycles. The van der Waals surface area contributed by atoms with Crippen molar-refractivity contribution in [1.82, 2.24) is 0 Å². The van der Waals surface area contributed by atoms with Crippen LogP contribution in [0.25, 0.3) is 0 Å². The van der Waals surface area contributed by atoms with E-state index in [2.05, 4.69) is 6.07 Å². The number of nitriles is 1. The summed E-state index contributed by atoms with van der Waals surface area (Å²) in [5, 5.41) is 8.68. The van der Waals surface area contributed by atoms with Gasteiger partial charge in [0.25, 0.3) is 0 Å². The summed E-state index contributed by atoms with van der Waals surface area (Å²) in [6.07, 6.45) is 3.12. The van der Waals surface area contributed by atoms with Crippen molar-refractivity contribution >= 4 is 11.6 Å². The van der Waals surface area contributed by atoms with Gasteiger partial charge < -0.3 is 4.74 Å². The van der Waals surface area contributed by atoms with E-state index < -0.39 is 0 Å². The molecule has 0 amide bonds. The highest BCUT2D eigenvalue weighted by Crippen LogP contribution is 2.13. The van der Waals surface area contributed by atoms with Gasteiger partial charge in [0, 0.05) is 5.88 Å². The van der Waals surface area contributed by atoms with Gasteiger partial charge in [-0.15, -0.1) is 11.6 Å². The van der Waals surface area contributed by atoms with E-state index in [0.717, 1.165) is 25.0 Å². The van der Waals surface area contributed by atoms with Crippen LogP contribution in [0.2, 0.25) is 0 Å². The average Bonchev–Trinajstić information content (AvgIpc) is 2.29. The molecule has 0 aliphatic heterocycles. The van der Waals surface area contributed by atoms with Crippen LogP contribution in [-0.4, -0.2) is 12.5 Å². The van der Waals surface area contributed by atoms with E-state index in [0.29, 0.717) is 18.1 Å². The standard InChI is InChI=1S/C12H14ClNO/c13-7-2-1-3-8-15-12-6-4-5-11(9-12)10-14/h4-6,9H,1-3,7-8H2. The third-order valence-electron chi connectivity index (χ3n) is 2.01. The molecule has 0 atom stereocenters. The monoisotopic (exact) mass is 223 g/mol. The van der Waals surface area contributed by atoms with Gasteiger partial charge in [0.15, 0.2) is 0 Å². The number of ether oxygens (including phenoxy) is 1. The van der Waals surface area contributed by atoms with Crippen molar-refractivity contribution in [2.75, 3.05) is 12.5 Å². The van der Waals surface area contributed by atoms with Gasteiger partial charge >= 0.3 is 0 Å². The van der Waals surface area contributed by atoms with Crippen LogP contribution in [0.4, 0.5) is 0 Å². The van der Waals surface area contributed by atoms with Gasteiger partial charge in [0.1, 0.15) is 5.75 Å². The Hall–Kier alpha value is -1.20. The van der Waals surface area contributed by atoms with Crippen molar-refractivity contribution in [3.05, 3.63) is 29.8 Å². The van der Waals surface area contributed by atoms with Gasteiger partial charge in [-0.1, -0.05) is 6.07 Å². The zero-order valence-electron chi connectivity index (χ0n) is 8.58. The lowest BCUT2D eigenvalue weighted by Crippen LogP contribution is -1.97. The summed E-state index contributed by atoms with van der Waals surface area (Å²) in [5.41, 5.74) is 0.633.